The lowest BCUT2D eigenvalue weighted by atomic mass is 9.96. The fourth-order valence-electron chi connectivity index (χ4n) is 1.50. The van der Waals surface area contributed by atoms with Gasteiger partial charge in [-0.3, -0.25) is 0 Å². The number of nitrogens with two attached hydrogens (primary N) is 3. The van der Waals surface area contributed by atoms with Gasteiger partial charge in [-0.1, -0.05) is 0 Å². The maximum atomic E-state index is 5.79. The molecule has 1 saturated heterocycles. The fourth-order valence-corrected chi connectivity index (χ4v) is 1.50. The molecule has 1 fully saturated rings. The Kier molecular flexibility index (Phi) is 3.46. The van der Waals surface area contributed by atoms with Gasteiger partial charge in [0.15, 0.2) is 0 Å². The number of rotatable bonds is 2. The summed E-state index contributed by atoms with van der Waals surface area (Å²) in [5.74, 6) is 0. The third-order valence-electron chi connectivity index (χ3n) is 2.53. The molecule has 4 nitrogen and oxygen atoms in total. The van der Waals surface area contributed by atoms with Crippen LogP contribution >= 0.6 is 0 Å². The van der Waals surface area contributed by atoms with E-state index in [4.69, 9.17) is 21.9 Å². The summed E-state index contributed by atoms with van der Waals surface area (Å²) < 4.78 is 5.62. The summed E-state index contributed by atoms with van der Waals surface area (Å²) in [6.45, 7) is 2.46. The highest BCUT2D eigenvalue weighted by molar-refractivity contribution is 4.84. The van der Waals surface area contributed by atoms with Crippen molar-refractivity contribution in [2.24, 2.45) is 17.2 Å². The Balaban J connectivity index is 2.39. The second-order valence-electron chi connectivity index (χ2n) is 3.52. The van der Waals surface area contributed by atoms with Crippen LogP contribution in [0.5, 0.6) is 0 Å². The lowest BCUT2D eigenvalue weighted by molar-refractivity contribution is -0.0606. The molecule has 0 bridgehead atoms. The molecule has 72 valence electrons. The minimum absolute atomic E-state index is 0.0417. The molecule has 1 heterocycles. The molecular formula is C8H19N3O. The molecule has 0 unspecified atom stereocenters. The maximum Gasteiger partial charge on any atom is 0.0743 e. The first kappa shape index (κ1) is 9.92. The standard InChI is InChI=1S/C8H19N3O/c1-5-6(10)2-3-8(12-5)7(11)4-9/h5-8H,2-4,9-11H2,1H3/t5-,6-,7+,8+/m1/s1. The van der Waals surface area contributed by atoms with Gasteiger partial charge in [-0.15, -0.1) is 0 Å². The Morgan fingerprint density at radius 2 is 2.17 bits per heavy atom. The smallest absolute Gasteiger partial charge is 0.0743 e. The van der Waals surface area contributed by atoms with Crippen molar-refractivity contribution >= 4 is 0 Å². The molecular weight excluding hydrogens is 154 g/mol. The molecule has 6 N–H and O–H groups in total. The van der Waals surface area contributed by atoms with Crippen LogP contribution in [0.2, 0.25) is 0 Å². The average molecular weight is 173 g/mol. The predicted octanol–water partition coefficient (Wildman–Crippen LogP) is -0.833. The molecule has 0 spiro atoms. The van der Waals surface area contributed by atoms with Crippen LogP contribution in [-0.2, 0) is 4.74 Å². The van der Waals surface area contributed by atoms with E-state index < -0.39 is 0 Å². The summed E-state index contributed by atoms with van der Waals surface area (Å²) in [6.07, 6.45) is 2.13. The number of hydrogen-bond donors (Lipinski definition) is 3. The van der Waals surface area contributed by atoms with Gasteiger partial charge in [0.1, 0.15) is 0 Å². The van der Waals surface area contributed by atoms with Crippen molar-refractivity contribution in [3.63, 3.8) is 0 Å². The van der Waals surface area contributed by atoms with Gasteiger partial charge in [-0.2, -0.15) is 0 Å². The lowest BCUT2D eigenvalue weighted by Crippen LogP contribution is -2.51. The Morgan fingerprint density at radius 3 is 2.67 bits per heavy atom. The molecule has 1 rings (SSSR count). The van der Waals surface area contributed by atoms with E-state index in [0.717, 1.165) is 12.8 Å². The van der Waals surface area contributed by atoms with E-state index in [1.165, 1.54) is 0 Å². The first-order valence-electron chi connectivity index (χ1n) is 4.52. The molecule has 0 aromatic carbocycles. The van der Waals surface area contributed by atoms with E-state index in [-0.39, 0.29) is 24.3 Å². The highest BCUT2D eigenvalue weighted by Gasteiger charge is 2.28. The van der Waals surface area contributed by atoms with Gasteiger partial charge >= 0.3 is 0 Å². The zero-order valence-corrected chi connectivity index (χ0v) is 7.57. The fraction of sp³-hybridized carbons (Fsp3) is 1.00. The topological polar surface area (TPSA) is 87.3 Å². The van der Waals surface area contributed by atoms with E-state index >= 15 is 0 Å². The minimum Gasteiger partial charge on any atom is -0.372 e. The van der Waals surface area contributed by atoms with Gasteiger partial charge in [-0.05, 0) is 19.8 Å². The molecule has 0 aromatic rings. The first-order valence-corrected chi connectivity index (χ1v) is 4.52. The zero-order chi connectivity index (χ0) is 9.14. The predicted molar refractivity (Wildman–Crippen MR) is 48.6 cm³/mol. The highest BCUT2D eigenvalue weighted by Crippen LogP contribution is 2.19. The van der Waals surface area contributed by atoms with Gasteiger partial charge in [0.25, 0.3) is 0 Å². The summed E-state index contributed by atoms with van der Waals surface area (Å²) in [7, 11) is 0. The first-order chi connectivity index (χ1) is 5.65. The van der Waals surface area contributed by atoms with Crippen LogP contribution < -0.4 is 17.2 Å². The summed E-state index contributed by atoms with van der Waals surface area (Å²) in [5.41, 5.74) is 17.0. The summed E-state index contributed by atoms with van der Waals surface area (Å²) in [5, 5.41) is 0. The quantitative estimate of drug-likeness (QED) is 0.508. The van der Waals surface area contributed by atoms with Gasteiger partial charge in [-0.25, -0.2) is 0 Å². The van der Waals surface area contributed by atoms with Crippen LogP contribution in [0.15, 0.2) is 0 Å². The Hall–Kier alpha value is -0.160. The van der Waals surface area contributed by atoms with Crippen LogP contribution in [0.25, 0.3) is 0 Å². The van der Waals surface area contributed by atoms with E-state index in [0.29, 0.717) is 6.54 Å². The van der Waals surface area contributed by atoms with Crippen molar-refractivity contribution in [3.05, 3.63) is 0 Å². The molecule has 0 radical (unpaired) electrons. The highest BCUT2D eigenvalue weighted by atomic mass is 16.5. The van der Waals surface area contributed by atoms with Crippen molar-refractivity contribution in [1.82, 2.24) is 0 Å². The van der Waals surface area contributed by atoms with Gasteiger partial charge in [0.2, 0.25) is 0 Å². The minimum atomic E-state index is -0.0417. The molecule has 0 saturated carbocycles. The zero-order valence-electron chi connectivity index (χ0n) is 7.57. The molecule has 1 aliphatic rings. The van der Waals surface area contributed by atoms with Crippen molar-refractivity contribution in [3.8, 4) is 0 Å². The molecule has 4 atom stereocenters. The van der Waals surface area contributed by atoms with Gasteiger partial charge in [0.05, 0.1) is 12.2 Å². The van der Waals surface area contributed by atoms with Gasteiger partial charge < -0.3 is 21.9 Å². The van der Waals surface area contributed by atoms with E-state index in [9.17, 15) is 0 Å². The molecule has 1 aliphatic heterocycles. The Morgan fingerprint density at radius 1 is 1.50 bits per heavy atom. The van der Waals surface area contributed by atoms with E-state index in [2.05, 4.69) is 0 Å². The summed E-state index contributed by atoms with van der Waals surface area (Å²) in [6, 6.07) is 0.117. The molecule has 0 aromatic heterocycles. The van der Waals surface area contributed by atoms with Crippen LogP contribution in [0.4, 0.5) is 0 Å². The van der Waals surface area contributed by atoms with Crippen LogP contribution in [0, 0.1) is 0 Å². The second kappa shape index (κ2) is 4.18. The maximum absolute atomic E-state index is 5.79. The molecule has 0 aliphatic carbocycles. The lowest BCUT2D eigenvalue weighted by Gasteiger charge is -2.35. The van der Waals surface area contributed by atoms with Crippen molar-refractivity contribution in [2.45, 2.75) is 44.1 Å². The normalized spacial score (nSPS) is 39.5. The van der Waals surface area contributed by atoms with Crippen LogP contribution in [0.3, 0.4) is 0 Å². The third kappa shape index (κ3) is 2.17. The van der Waals surface area contributed by atoms with Crippen LogP contribution in [-0.4, -0.2) is 30.8 Å². The Bertz CT molecular complexity index is 142. The molecule has 0 amide bonds. The van der Waals surface area contributed by atoms with E-state index in [1.54, 1.807) is 0 Å². The summed E-state index contributed by atoms with van der Waals surface area (Å²) >= 11 is 0. The van der Waals surface area contributed by atoms with Crippen molar-refractivity contribution in [1.29, 1.82) is 0 Å². The van der Waals surface area contributed by atoms with Crippen LogP contribution in [0.1, 0.15) is 19.8 Å². The second-order valence-corrected chi connectivity index (χ2v) is 3.52. The molecule has 4 heteroatoms. The SMILES string of the molecule is C[C@H]1O[C@H]([C@@H](N)CN)CC[C@H]1N. The van der Waals surface area contributed by atoms with Gasteiger partial charge in [0, 0.05) is 18.6 Å². The van der Waals surface area contributed by atoms with E-state index in [1.807, 2.05) is 6.92 Å². The average Bonchev–Trinajstić information content (AvgIpc) is 2.08. The molecule has 12 heavy (non-hydrogen) atoms. The third-order valence-corrected chi connectivity index (χ3v) is 2.53. The van der Waals surface area contributed by atoms with Crippen molar-refractivity contribution in [2.75, 3.05) is 6.54 Å². The summed E-state index contributed by atoms with van der Waals surface area (Å²) in [4.78, 5) is 0. The number of ether oxygens (including phenoxy) is 1. The monoisotopic (exact) mass is 173 g/mol. The Labute approximate surface area is 73.4 Å². The number of hydrogen-bond acceptors (Lipinski definition) is 4. The largest absolute Gasteiger partial charge is 0.372 e. The van der Waals surface area contributed by atoms with Crippen molar-refractivity contribution < 1.29 is 4.74 Å².